The zero-order valence-corrected chi connectivity index (χ0v) is 9.76. The first-order chi connectivity index (χ1) is 8.15. The summed E-state index contributed by atoms with van der Waals surface area (Å²) in [6, 6.07) is 0.815. The van der Waals surface area contributed by atoms with Gasteiger partial charge in [-0.05, 0) is 6.92 Å². The smallest absolute Gasteiger partial charge is 0.323 e. The van der Waals surface area contributed by atoms with E-state index in [0.717, 1.165) is 6.92 Å². The van der Waals surface area contributed by atoms with Crippen molar-refractivity contribution in [1.29, 1.82) is 0 Å². The second-order valence-corrected chi connectivity index (χ2v) is 5.38. The molecule has 1 rings (SSSR count). The molecule has 2 N–H and O–H groups in total. The predicted octanol–water partition coefficient (Wildman–Crippen LogP) is 1.32. The number of nitrogens with one attached hydrogen (secondary N) is 1. The standard InChI is InChI=1S/C9H8F3NO4S/c1-4(9(14)15)18(16,17)13-5-2-6(10)8(12)7(11)3-5/h2-4,13H,1H3,(H,14,15). The van der Waals surface area contributed by atoms with Gasteiger partial charge in [-0.25, -0.2) is 21.6 Å². The number of anilines is 1. The fourth-order valence-corrected chi connectivity index (χ4v) is 1.89. The summed E-state index contributed by atoms with van der Waals surface area (Å²) < 4.78 is 62.7. The SMILES string of the molecule is CC(C(=O)O)S(=O)(=O)Nc1cc(F)c(F)c(F)c1. The van der Waals surface area contributed by atoms with Crippen LogP contribution in [0, 0.1) is 17.5 Å². The lowest BCUT2D eigenvalue weighted by atomic mass is 10.3. The number of carboxylic acid groups (broad SMARTS) is 1. The monoisotopic (exact) mass is 283 g/mol. The maximum Gasteiger partial charge on any atom is 0.323 e. The van der Waals surface area contributed by atoms with Crippen molar-refractivity contribution in [3.8, 4) is 0 Å². The van der Waals surface area contributed by atoms with Crippen LogP contribution in [-0.4, -0.2) is 24.7 Å². The summed E-state index contributed by atoms with van der Waals surface area (Å²) >= 11 is 0. The topological polar surface area (TPSA) is 83.5 Å². The lowest BCUT2D eigenvalue weighted by Crippen LogP contribution is -2.32. The number of carbonyl (C=O) groups is 1. The summed E-state index contributed by atoms with van der Waals surface area (Å²) in [6.45, 7) is 0.876. The Bertz CT molecular complexity index is 564. The van der Waals surface area contributed by atoms with Gasteiger partial charge in [-0.1, -0.05) is 0 Å². The molecule has 0 spiro atoms. The molecule has 0 aromatic heterocycles. The lowest BCUT2D eigenvalue weighted by Gasteiger charge is -2.11. The molecule has 1 atom stereocenters. The molecule has 100 valence electrons. The van der Waals surface area contributed by atoms with E-state index in [0.29, 0.717) is 12.1 Å². The van der Waals surface area contributed by atoms with Crippen molar-refractivity contribution in [2.24, 2.45) is 0 Å². The highest BCUT2D eigenvalue weighted by Crippen LogP contribution is 2.19. The second kappa shape index (κ2) is 4.84. The van der Waals surface area contributed by atoms with Crippen LogP contribution in [0.1, 0.15) is 6.92 Å². The Morgan fingerprint density at radius 3 is 2.11 bits per heavy atom. The van der Waals surface area contributed by atoms with Crippen LogP contribution in [0.15, 0.2) is 12.1 Å². The lowest BCUT2D eigenvalue weighted by molar-refractivity contribution is -0.136. The average molecular weight is 283 g/mol. The number of hydrogen-bond donors (Lipinski definition) is 2. The minimum Gasteiger partial charge on any atom is -0.480 e. The van der Waals surface area contributed by atoms with E-state index in [2.05, 4.69) is 0 Å². The second-order valence-electron chi connectivity index (χ2n) is 3.38. The van der Waals surface area contributed by atoms with Crippen molar-refractivity contribution < 1.29 is 31.5 Å². The minimum atomic E-state index is -4.36. The summed E-state index contributed by atoms with van der Waals surface area (Å²) in [7, 11) is -4.36. The van der Waals surface area contributed by atoms with Crippen molar-refractivity contribution in [2.75, 3.05) is 4.72 Å². The Morgan fingerprint density at radius 1 is 1.28 bits per heavy atom. The van der Waals surface area contributed by atoms with Crippen LogP contribution in [0.5, 0.6) is 0 Å². The Hall–Kier alpha value is -1.77. The van der Waals surface area contributed by atoms with Crippen LogP contribution in [0.25, 0.3) is 0 Å². The van der Waals surface area contributed by atoms with E-state index in [-0.39, 0.29) is 0 Å². The zero-order chi connectivity index (χ0) is 14.1. The molecule has 0 aliphatic heterocycles. The molecule has 0 amide bonds. The van der Waals surface area contributed by atoms with Gasteiger partial charge in [-0.3, -0.25) is 9.52 Å². The number of benzene rings is 1. The number of rotatable bonds is 4. The zero-order valence-electron chi connectivity index (χ0n) is 8.95. The van der Waals surface area contributed by atoms with Crippen molar-refractivity contribution in [2.45, 2.75) is 12.2 Å². The fraction of sp³-hybridized carbons (Fsp3) is 0.222. The number of carboxylic acids is 1. The van der Waals surface area contributed by atoms with Gasteiger partial charge in [0, 0.05) is 12.1 Å². The van der Waals surface area contributed by atoms with Gasteiger partial charge in [0.2, 0.25) is 10.0 Å². The van der Waals surface area contributed by atoms with E-state index in [1.165, 1.54) is 0 Å². The molecule has 1 aromatic carbocycles. The molecule has 0 saturated carbocycles. The van der Waals surface area contributed by atoms with Crippen LogP contribution in [0.4, 0.5) is 18.9 Å². The van der Waals surface area contributed by atoms with Crippen molar-refractivity contribution in [3.05, 3.63) is 29.6 Å². The van der Waals surface area contributed by atoms with Crippen molar-refractivity contribution in [3.63, 3.8) is 0 Å². The van der Waals surface area contributed by atoms with Crippen molar-refractivity contribution in [1.82, 2.24) is 0 Å². The Balaban J connectivity index is 3.09. The molecule has 18 heavy (non-hydrogen) atoms. The highest BCUT2D eigenvalue weighted by molar-refractivity contribution is 7.94. The number of aliphatic carboxylic acids is 1. The van der Waals surface area contributed by atoms with Crippen molar-refractivity contribution >= 4 is 21.7 Å². The molecular formula is C9H8F3NO4S. The highest BCUT2D eigenvalue weighted by atomic mass is 32.2. The molecule has 0 aliphatic rings. The van der Waals surface area contributed by atoms with Crippen LogP contribution in [0.3, 0.4) is 0 Å². The van der Waals surface area contributed by atoms with Gasteiger partial charge in [0.15, 0.2) is 22.7 Å². The molecule has 0 fully saturated rings. The molecule has 0 bridgehead atoms. The van der Waals surface area contributed by atoms with E-state index in [9.17, 15) is 26.4 Å². The van der Waals surface area contributed by atoms with Gasteiger partial charge in [0.1, 0.15) is 0 Å². The van der Waals surface area contributed by atoms with Gasteiger partial charge in [-0.15, -0.1) is 0 Å². The normalized spacial score (nSPS) is 13.1. The van der Waals surface area contributed by atoms with Gasteiger partial charge in [0.05, 0.1) is 5.69 Å². The highest BCUT2D eigenvalue weighted by Gasteiger charge is 2.28. The summed E-state index contributed by atoms with van der Waals surface area (Å²) in [5, 5.41) is 6.70. The maximum atomic E-state index is 12.8. The predicted molar refractivity (Wildman–Crippen MR) is 56.0 cm³/mol. The first kappa shape index (κ1) is 14.3. The van der Waals surface area contributed by atoms with E-state index in [1.54, 1.807) is 4.72 Å². The van der Waals surface area contributed by atoms with E-state index >= 15 is 0 Å². The maximum absolute atomic E-state index is 12.8. The summed E-state index contributed by atoms with van der Waals surface area (Å²) in [4.78, 5) is 10.5. The quantitative estimate of drug-likeness (QED) is 0.816. The number of hydrogen-bond acceptors (Lipinski definition) is 3. The molecule has 0 heterocycles. The van der Waals surface area contributed by atoms with Gasteiger partial charge in [0.25, 0.3) is 0 Å². The van der Waals surface area contributed by atoms with Crippen LogP contribution < -0.4 is 4.72 Å². The molecule has 0 radical (unpaired) electrons. The minimum absolute atomic E-state index is 0.407. The Labute approximate surface area is 100 Å². The molecule has 9 heteroatoms. The third-order valence-corrected chi connectivity index (χ3v) is 3.71. The molecular weight excluding hydrogens is 275 g/mol. The van der Waals surface area contributed by atoms with E-state index in [4.69, 9.17) is 5.11 Å². The molecule has 1 unspecified atom stereocenters. The van der Waals surface area contributed by atoms with Gasteiger partial charge >= 0.3 is 5.97 Å². The summed E-state index contributed by atoms with van der Waals surface area (Å²) in [5.74, 6) is -6.55. The average Bonchev–Trinajstić information content (AvgIpc) is 2.23. The Kier molecular flexibility index (Phi) is 3.85. The summed E-state index contributed by atoms with van der Waals surface area (Å²) in [6.07, 6.45) is 0. The van der Waals surface area contributed by atoms with Gasteiger partial charge < -0.3 is 5.11 Å². The number of halogens is 3. The first-order valence-corrected chi connectivity index (χ1v) is 6.08. The molecule has 1 aromatic rings. The molecule has 0 saturated heterocycles. The third-order valence-electron chi connectivity index (χ3n) is 2.06. The summed E-state index contributed by atoms with van der Waals surface area (Å²) in [5.41, 5.74) is -0.598. The van der Waals surface area contributed by atoms with E-state index < -0.39 is 44.4 Å². The van der Waals surface area contributed by atoms with Crippen LogP contribution in [0.2, 0.25) is 0 Å². The fourth-order valence-electron chi connectivity index (χ4n) is 1.000. The first-order valence-electron chi connectivity index (χ1n) is 4.54. The molecule has 0 aliphatic carbocycles. The largest absolute Gasteiger partial charge is 0.480 e. The van der Waals surface area contributed by atoms with Crippen LogP contribution >= 0.6 is 0 Å². The Morgan fingerprint density at radius 2 is 1.72 bits per heavy atom. The van der Waals surface area contributed by atoms with Gasteiger partial charge in [-0.2, -0.15) is 0 Å². The number of sulfonamides is 1. The van der Waals surface area contributed by atoms with Crippen LogP contribution in [-0.2, 0) is 14.8 Å². The third kappa shape index (κ3) is 2.92. The van der Waals surface area contributed by atoms with E-state index in [1.807, 2.05) is 0 Å². The molecule has 5 nitrogen and oxygen atoms in total.